The molecule has 3 heterocycles. The van der Waals surface area contributed by atoms with Crippen LogP contribution in [0.4, 0.5) is 27.9 Å². The van der Waals surface area contributed by atoms with Gasteiger partial charge < -0.3 is 14.4 Å². The monoisotopic (exact) mass is 802 g/mol. The van der Waals surface area contributed by atoms with Crippen LogP contribution >= 0.6 is 0 Å². The summed E-state index contributed by atoms with van der Waals surface area (Å²) in [7, 11) is 1.61. The Labute approximate surface area is 337 Å². The zero-order valence-electron chi connectivity index (χ0n) is 33.3. The van der Waals surface area contributed by atoms with Crippen molar-refractivity contribution in [1.29, 1.82) is 0 Å². The highest BCUT2D eigenvalue weighted by molar-refractivity contribution is 5.73. The van der Waals surface area contributed by atoms with E-state index in [2.05, 4.69) is 30.4 Å². The van der Waals surface area contributed by atoms with Gasteiger partial charge in [0.1, 0.15) is 11.4 Å². The summed E-state index contributed by atoms with van der Waals surface area (Å²) in [5.74, 6) is 0.794. The molecule has 7 nitrogen and oxygen atoms in total. The third-order valence-corrected chi connectivity index (χ3v) is 12.3. The maximum absolute atomic E-state index is 17.9. The van der Waals surface area contributed by atoms with E-state index < -0.39 is 29.7 Å². The molecule has 0 unspecified atom stereocenters. The number of allylic oxidation sites excluding steroid dienone is 1. The standard InChI is InChI=1S/C46H51F5N4O3/c1-5-18-45(48)19-14-31(15-20-45)38-39-36(23-44(2,3)24-37(39)58-28-29-6-12-35(57-4)13-7-29)54-42(40(38)41(47)32-8-10-34(11-9-32)46(49,50)51)33-16-21-55(22-17-33)43-52-25-30(27-56)26-53-43/h5-13,25-27,31,33,37,41H,1,14-24,28H2,2-4H3/t31?,37-,41-,45?/m0/s1. The van der Waals surface area contributed by atoms with Crippen LogP contribution in [0, 0.1) is 5.41 Å². The van der Waals surface area contributed by atoms with Crippen LogP contribution in [0.2, 0.25) is 0 Å². The number of nitrogens with zero attached hydrogens (tertiary/aromatic N) is 4. The largest absolute Gasteiger partial charge is 0.497 e. The Morgan fingerprint density at radius 2 is 1.60 bits per heavy atom. The lowest BCUT2D eigenvalue weighted by Gasteiger charge is -2.43. The molecule has 0 bridgehead atoms. The molecule has 12 heteroatoms. The van der Waals surface area contributed by atoms with Crippen molar-refractivity contribution in [2.24, 2.45) is 5.41 Å². The van der Waals surface area contributed by atoms with Crippen molar-refractivity contribution < 1.29 is 36.2 Å². The lowest BCUT2D eigenvalue weighted by atomic mass is 9.67. The second-order valence-electron chi connectivity index (χ2n) is 17.0. The number of alkyl halides is 5. The Morgan fingerprint density at radius 3 is 2.19 bits per heavy atom. The zero-order chi connectivity index (χ0) is 41.2. The molecule has 1 aliphatic heterocycles. The molecule has 2 aliphatic carbocycles. The van der Waals surface area contributed by atoms with Crippen LogP contribution in [-0.2, 0) is 23.9 Å². The van der Waals surface area contributed by atoms with Gasteiger partial charge in [-0.3, -0.25) is 9.78 Å². The third kappa shape index (κ3) is 8.96. The Balaban J connectivity index is 1.36. The fourth-order valence-corrected chi connectivity index (χ4v) is 9.21. The molecule has 0 spiro atoms. The molecule has 0 radical (unpaired) electrons. The van der Waals surface area contributed by atoms with Crippen LogP contribution in [0.5, 0.6) is 5.75 Å². The second-order valence-corrected chi connectivity index (χ2v) is 17.0. The van der Waals surface area contributed by atoms with Crippen LogP contribution < -0.4 is 9.64 Å². The number of benzene rings is 2. The number of anilines is 1. The molecule has 1 saturated carbocycles. The summed E-state index contributed by atoms with van der Waals surface area (Å²) in [5.41, 5.74) is 2.35. The van der Waals surface area contributed by atoms with E-state index in [1.165, 1.54) is 24.5 Å². The van der Waals surface area contributed by atoms with E-state index >= 15 is 8.78 Å². The molecule has 2 fully saturated rings. The number of aldehydes is 1. The van der Waals surface area contributed by atoms with Gasteiger partial charge in [0.15, 0.2) is 12.5 Å². The number of piperidine rings is 1. The minimum Gasteiger partial charge on any atom is -0.497 e. The van der Waals surface area contributed by atoms with E-state index in [-0.39, 0.29) is 48.7 Å². The second kappa shape index (κ2) is 16.9. The Kier molecular flexibility index (Phi) is 12.1. The topological polar surface area (TPSA) is 77.4 Å². The number of hydrogen-bond donors (Lipinski definition) is 0. The quantitative estimate of drug-likeness (QED) is 0.0802. The van der Waals surface area contributed by atoms with E-state index in [0.29, 0.717) is 80.7 Å². The Morgan fingerprint density at radius 1 is 0.948 bits per heavy atom. The fraction of sp³-hybridized carbons (Fsp3) is 0.478. The Bertz CT molecular complexity index is 2060. The van der Waals surface area contributed by atoms with E-state index in [1.54, 1.807) is 13.2 Å². The summed E-state index contributed by atoms with van der Waals surface area (Å²) < 4.78 is 87.2. The van der Waals surface area contributed by atoms with Gasteiger partial charge in [-0.05, 0) is 110 Å². The van der Waals surface area contributed by atoms with Crippen LogP contribution in [-0.4, -0.2) is 47.1 Å². The molecule has 1 saturated heterocycles. The van der Waals surface area contributed by atoms with Crippen LogP contribution in [0.3, 0.4) is 0 Å². The summed E-state index contributed by atoms with van der Waals surface area (Å²) in [6.45, 7) is 9.51. The van der Waals surface area contributed by atoms with Crippen molar-refractivity contribution >= 4 is 12.2 Å². The van der Waals surface area contributed by atoms with Gasteiger partial charge in [-0.2, -0.15) is 13.2 Å². The number of carbonyl (C=O) groups is 1. The molecule has 2 atom stereocenters. The molecule has 2 aromatic heterocycles. The first-order chi connectivity index (χ1) is 27.7. The van der Waals surface area contributed by atoms with Gasteiger partial charge >= 0.3 is 6.18 Å². The van der Waals surface area contributed by atoms with Gasteiger partial charge in [0.05, 0.1) is 36.6 Å². The number of fused-ring (bicyclic) bond motifs is 1. The smallest absolute Gasteiger partial charge is 0.416 e. The highest BCUT2D eigenvalue weighted by Crippen LogP contribution is 2.53. The summed E-state index contributed by atoms with van der Waals surface area (Å²) in [4.78, 5) is 27.4. The number of rotatable bonds is 12. The summed E-state index contributed by atoms with van der Waals surface area (Å²) >= 11 is 0. The number of ether oxygens (including phenoxy) is 2. The van der Waals surface area contributed by atoms with Gasteiger partial charge in [-0.15, -0.1) is 6.58 Å². The van der Waals surface area contributed by atoms with E-state index in [1.807, 2.05) is 29.2 Å². The molecule has 3 aliphatic rings. The summed E-state index contributed by atoms with van der Waals surface area (Å²) in [5, 5.41) is 0. The lowest BCUT2D eigenvalue weighted by Crippen LogP contribution is -2.36. The van der Waals surface area contributed by atoms with Gasteiger partial charge in [0.2, 0.25) is 5.95 Å². The predicted molar refractivity (Wildman–Crippen MR) is 213 cm³/mol. The van der Waals surface area contributed by atoms with Crippen molar-refractivity contribution in [3.8, 4) is 5.75 Å². The molecule has 2 aromatic carbocycles. The van der Waals surface area contributed by atoms with E-state index in [4.69, 9.17) is 14.5 Å². The average molecular weight is 803 g/mol. The minimum atomic E-state index is -4.58. The van der Waals surface area contributed by atoms with Gasteiger partial charge in [-0.25, -0.2) is 18.7 Å². The first kappa shape index (κ1) is 41.4. The molecule has 308 valence electrons. The molecule has 4 aromatic rings. The van der Waals surface area contributed by atoms with Crippen LogP contribution in [0.15, 0.2) is 73.6 Å². The first-order valence-electron chi connectivity index (χ1n) is 20.1. The van der Waals surface area contributed by atoms with Gasteiger partial charge in [0, 0.05) is 48.2 Å². The highest BCUT2D eigenvalue weighted by Gasteiger charge is 2.44. The molecule has 0 amide bonds. The normalized spacial score (nSPS) is 22.9. The Hall–Kier alpha value is -4.71. The number of aromatic nitrogens is 3. The fourth-order valence-electron chi connectivity index (χ4n) is 9.21. The molecular weight excluding hydrogens is 752 g/mol. The third-order valence-electron chi connectivity index (χ3n) is 12.3. The highest BCUT2D eigenvalue weighted by atomic mass is 19.4. The average Bonchev–Trinajstić information content (AvgIpc) is 3.22. The zero-order valence-corrected chi connectivity index (χ0v) is 33.3. The lowest BCUT2D eigenvalue weighted by molar-refractivity contribution is -0.137. The number of methoxy groups -OCH3 is 1. The maximum atomic E-state index is 17.9. The van der Waals surface area contributed by atoms with Crippen molar-refractivity contribution in [1.82, 2.24) is 15.0 Å². The maximum Gasteiger partial charge on any atom is 0.416 e. The number of carbonyl (C=O) groups excluding carboxylic acids is 1. The SMILES string of the molecule is C=CCC1(F)CCC(c2c([C@@H](F)c3ccc(C(F)(F)F)cc3)c(C3CCN(c4ncc(C=O)cn4)CC3)nc3c2[C@@H](OCc2ccc(OC)cc2)CC(C)(C)C3)CC1. The minimum absolute atomic E-state index is 0.104. The van der Waals surface area contributed by atoms with Crippen molar-refractivity contribution in [2.75, 3.05) is 25.1 Å². The molecule has 7 rings (SSSR count). The van der Waals surface area contributed by atoms with E-state index in [9.17, 15) is 18.0 Å². The van der Waals surface area contributed by atoms with Crippen molar-refractivity contribution in [2.45, 2.75) is 114 Å². The molecule has 0 N–H and O–H groups in total. The van der Waals surface area contributed by atoms with Crippen molar-refractivity contribution in [3.63, 3.8) is 0 Å². The molecular formula is C46H51F5N4O3. The van der Waals surface area contributed by atoms with Crippen LogP contribution in [0.25, 0.3) is 0 Å². The summed E-state index contributed by atoms with van der Waals surface area (Å²) in [6.07, 6.45) is 2.57. The summed E-state index contributed by atoms with van der Waals surface area (Å²) in [6, 6.07) is 11.9. The first-order valence-corrected chi connectivity index (χ1v) is 20.1. The molecule has 58 heavy (non-hydrogen) atoms. The van der Waals surface area contributed by atoms with Gasteiger partial charge in [-0.1, -0.05) is 44.2 Å². The van der Waals surface area contributed by atoms with Crippen LogP contribution in [0.1, 0.15) is 144 Å². The van der Waals surface area contributed by atoms with E-state index in [0.717, 1.165) is 40.3 Å². The predicted octanol–water partition coefficient (Wildman–Crippen LogP) is 11.3. The number of hydrogen-bond acceptors (Lipinski definition) is 7. The van der Waals surface area contributed by atoms with Gasteiger partial charge in [0.25, 0.3) is 0 Å². The number of pyridine rings is 1. The number of halogens is 5. The van der Waals surface area contributed by atoms with Crippen molar-refractivity contribution in [3.05, 3.63) is 124 Å².